The van der Waals surface area contributed by atoms with Crippen LogP contribution in [0.4, 0.5) is 0 Å². The highest BCUT2D eigenvalue weighted by molar-refractivity contribution is 9.10. The average Bonchev–Trinajstić information content (AvgIpc) is 3.08. The molecule has 0 radical (unpaired) electrons. The van der Waals surface area contributed by atoms with E-state index in [1.54, 1.807) is 6.07 Å². The van der Waals surface area contributed by atoms with E-state index in [1.165, 1.54) is 12.5 Å². The topological polar surface area (TPSA) is 71.3 Å². The molecule has 1 atom stereocenters. The minimum Gasteiger partial charge on any atom is -0.472 e. The van der Waals surface area contributed by atoms with E-state index in [2.05, 4.69) is 26.6 Å². The van der Waals surface area contributed by atoms with Gasteiger partial charge in [0, 0.05) is 17.4 Å². The Kier molecular flexibility index (Phi) is 6.40. The van der Waals surface area contributed by atoms with E-state index in [4.69, 9.17) is 4.42 Å². The van der Waals surface area contributed by atoms with Crippen molar-refractivity contribution in [3.63, 3.8) is 0 Å². The van der Waals surface area contributed by atoms with Gasteiger partial charge in [0.05, 0.1) is 17.9 Å². The lowest BCUT2D eigenvalue weighted by molar-refractivity contribution is -0.121. The molecule has 23 heavy (non-hydrogen) atoms. The smallest absolute Gasteiger partial charge is 0.254 e. The third kappa shape index (κ3) is 5.25. The Morgan fingerprint density at radius 3 is 2.57 bits per heavy atom. The Bertz CT molecular complexity index is 638. The van der Waals surface area contributed by atoms with Crippen LogP contribution in [0.1, 0.15) is 41.7 Å². The van der Waals surface area contributed by atoms with Crippen molar-refractivity contribution in [1.29, 1.82) is 0 Å². The molecule has 0 aliphatic carbocycles. The Morgan fingerprint density at radius 1 is 1.22 bits per heavy atom. The number of halogens is 1. The zero-order chi connectivity index (χ0) is 16.7. The predicted octanol–water partition coefficient (Wildman–Crippen LogP) is 3.43. The number of hydrogen-bond acceptors (Lipinski definition) is 3. The Labute approximate surface area is 143 Å². The van der Waals surface area contributed by atoms with Gasteiger partial charge < -0.3 is 15.1 Å². The first kappa shape index (κ1) is 17.3. The van der Waals surface area contributed by atoms with Crippen LogP contribution in [0.2, 0.25) is 0 Å². The number of amides is 2. The first-order valence-corrected chi connectivity index (χ1v) is 8.24. The van der Waals surface area contributed by atoms with Crippen LogP contribution < -0.4 is 10.6 Å². The summed E-state index contributed by atoms with van der Waals surface area (Å²) >= 11 is 3.40. The highest BCUT2D eigenvalue weighted by Gasteiger charge is 2.13. The number of furan rings is 1. The molecule has 2 rings (SSSR count). The van der Waals surface area contributed by atoms with Gasteiger partial charge in [-0.3, -0.25) is 9.59 Å². The molecular formula is C17H19BrN2O3. The van der Waals surface area contributed by atoms with Gasteiger partial charge in [-0.2, -0.15) is 0 Å². The molecule has 2 aromatic rings. The lowest BCUT2D eigenvalue weighted by Gasteiger charge is -2.17. The van der Waals surface area contributed by atoms with Crippen LogP contribution in [-0.2, 0) is 4.79 Å². The highest BCUT2D eigenvalue weighted by atomic mass is 79.9. The van der Waals surface area contributed by atoms with Crippen molar-refractivity contribution in [2.45, 2.75) is 25.8 Å². The van der Waals surface area contributed by atoms with Crippen molar-refractivity contribution in [1.82, 2.24) is 10.6 Å². The molecule has 2 N–H and O–H groups in total. The fourth-order valence-electron chi connectivity index (χ4n) is 2.17. The maximum absolute atomic E-state index is 12.0. The van der Waals surface area contributed by atoms with Gasteiger partial charge in [-0.25, -0.2) is 0 Å². The summed E-state index contributed by atoms with van der Waals surface area (Å²) in [5.74, 6) is -0.334. The molecular weight excluding hydrogens is 360 g/mol. The molecule has 1 heterocycles. The van der Waals surface area contributed by atoms with Crippen LogP contribution in [0, 0.1) is 0 Å². The minimum absolute atomic E-state index is 0.0276. The SMILES string of the molecule is CCC(NC(=O)CCNC(=O)c1ccoc1)c1ccc(Br)cc1. The average molecular weight is 379 g/mol. The quantitative estimate of drug-likeness (QED) is 0.774. The van der Waals surface area contributed by atoms with Crippen molar-refractivity contribution in [2.75, 3.05) is 6.54 Å². The van der Waals surface area contributed by atoms with Crippen molar-refractivity contribution in [3.05, 3.63) is 58.5 Å². The molecule has 0 spiro atoms. The molecule has 1 aromatic carbocycles. The molecule has 0 saturated carbocycles. The Hall–Kier alpha value is -2.08. The van der Waals surface area contributed by atoms with Crippen LogP contribution >= 0.6 is 15.9 Å². The summed E-state index contributed by atoms with van der Waals surface area (Å²) in [5.41, 5.74) is 1.51. The van der Waals surface area contributed by atoms with Gasteiger partial charge in [-0.15, -0.1) is 0 Å². The zero-order valence-corrected chi connectivity index (χ0v) is 14.4. The number of nitrogens with one attached hydrogen (secondary N) is 2. The molecule has 2 amide bonds. The van der Waals surface area contributed by atoms with Crippen LogP contribution in [0.25, 0.3) is 0 Å². The van der Waals surface area contributed by atoms with Gasteiger partial charge >= 0.3 is 0 Å². The van der Waals surface area contributed by atoms with E-state index >= 15 is 0 Å². The standard InChI is InChI=1S/C17H19BrN2O3/c1-2-15(12-3-5-14(18)6-4-12)20-16(21)7-9-19-17(22)13-8-10-23-11-13/h3-6,8,10-11,15H,2,7,9H2,1H3,(H,19,22)(H,20,21). The molecule has 122 valence electrons. The number of hydrogen-bond donors (Lipinski definition) is 2. The Balaban J connectivity index is 1.79. The third-order valence-electron chi connectivity index (χ3n) is 3.44. The Morgan fingerprint density at radius 2 is 1.96 bits per heavy atom. The van der Waals surface area contributed by atoms with Crippen molar-refractivity contribution in [2.24, 2.45) is 0 Å². The minimum atomic E-state index is -0.244. The largest absolute Gasteiger partial charge is 0.472 e. The van der Waals surface area contributed by atoms with Gasteiger partial charge in [0.2, 0.25) is 5.91 Å². The molecule has 0 fully saturated rings. The molecule has 0 saturated heterocycles. The van der Waals surface area contributed by atoms with Gasteiger partial charge in [0.1, 0.15) is 6.26 Å². The van der Waals surface area contributed by atoms with E-state index in [1.807, 2.05) is 31.2 Å². The van der Waals surface area contributed by atoms with Crippen LogP contribution in [-0.4, -0.2) is 18.4 Å². The normalized spacial score (nSPS) is 11.7. The van der Waals surface area contributed by atoms with Gasteiger partial charge in [-0.1, -0.05) is 35.0 Å². The summed E-state index contributed by atoms with van der Waals surface area (Å²) in [6.07, 6.45) is 3.84. The molecule has 6 heteroatoms. The van der Waals surface area contributed by atoms with Gasteiger partial charge in [0.25, 0.3) is 5.91 Å². The maximum atomic E-state index is 12.0. The third-order valence-corrected chi connectivity index (χ3v) is 3.97. The summed E-state index contributed by atoms with van der Waals surface area (Å²) in [7, 11) is 0. The summed E-state index contributed by atoms with van der Waals surface area (Å²) < 4.78 is 5.85. The second kappa shape index (κ2) is 8.53. The summed E-state index contributed by atoms with van der Waals surface area (Å²) in [6, 6.07) is 9.43. The van der Waals surface area contributed by atoms with E-state index in [0.717, 1.165) is 16.5 Å². The van der Waals surface area contributed by atoms with Crippen molar-refractivity contribution >= 4 is 27.7 Å². The summed E-state index contributed by atoms with van der Waals surface area (Å²) in [6.45, 7) is 2.31. The second-order valence-corrected chi connectivity index (χ2v) is 6.01. The monoisotopic (exact) mass is 378 g/mol. The molecule has 0 aliphatic heterocycles. The number of carbonyl (C=O) groups excluding carboxylic acids is 2. The van der Waals surface area contributed by atoms with Gasteiger partial charge in [0.15, 0.2) is 0 Å². The van der Waals surface area contributed by atoms with Crippen molar-refractivity contribution in [3.8, 4) is 0 Å². The molecule has 1 aromatic heterocycles. The van der Waals surface area contributed by atoms with Crippen molar-refractivity contribution < 1.29 is 14.0 Å². The fourth-order valence-corrected chi connectivity index (χ4v) is 2.43. The number of benzene rings is 1. The fraction of sp³-hybridized carbons (Fsp3) is 0.294. The molecule has 1 unspecified atom stereocenters. The second-order valence-electron chi connectivity index (χ2n) is 5.10. The lowest BCUT2D eigenvalue weighted by Crippen LogP contribution is -2.32. The lowest BCUT2D eigenvalue weighted by atomic mass is 10.0. The number of rotatable bonds is 7. The zero-order valence-electron chi connectivity index (χ0n) is 12.8. The first-order valence-electron chi connectivity index (χ1n) is 7.45. The predicted molar refractivity (Wildman–Crippen MR) is 91.0 cm³/mol. The molecule has 5 nitrogen and oxygen atoms in total. The molecule has 0 aliphatic rings. The van der Waals surface area contributed by atoms with Crippen LogP contribution in [0.3, 0.4) is 0 Å². The first-order chi connectivity index (χ1) is 11.1. The number of carbonyl (C=O) groups is 2. The summed E-state index contributed by atoms with van der Waals surface area (Å²) in [4.78, 5) is 23.7. The van der Waals surface area contributed by atoms with E-state index in [0.29, 0.717) is 5.56 Å². The van der Waals surface area contributed by atoms with Crippen LogP contribution in [0.5, 0.6) is 0 Å². The van der Waals surface area contributed by atoms with E-state index < -0.39 is 0 Å². The molecule has 0 bridgehead atoms. The van der Waals surface area contributed by atoms with E-state index in [9.17, 15) is 9.59 Å². The summed E-state index contributed by atoms with van der Waals surface area (Å²) in [5, 5.41) is 5.68. The van der Waals surface area contributed by atoms with Gasteiger partial charge in [-0.05, 0) is 30.2 Å². The highest BCUT2D eigenvalue weighted by Crippen LogP contribution is 2.19. The maximum Gasteiger partial charge on any atom is 0.254 e. The van der Waals surface area contributed by atoms with Crippen LogP contribution in [0.15, 0.2) is 51.7 Å². The van der Waals surface area contributed by atoms with E-state index in [-0.39, 0.29) is 30.8 Å².